The number of unbranched alkanes of at least 4 members (excludes halogenated alkanes) is 1. The molecule has 1 unspecified atom stereocenters. The van der Waals surface area contributed by atoms with Crippen molar-refractivity contribution in [2.45, 2.75) is 33.1 Å². The molecule has 11 heavy (non-hydrogen) atoms. The molecule has 0 amide bonds. The Hall–Kier alpha value is -0.128. The number of aldehydes is 1. The van der Waals surface area contributed by atoms with E-state index in [1.807, 2.05) is 6.92 Å². The van der Waals surface area contributed by atoms with E-state index in [0.29, 0.717) is 6.42 Å². The average molecular weight is 194 g/mol. The number of Topliss-reactive ketones (excluding diaryl/α,β-unsaturated/α-hetero) is 1. The van der Waals surface area contributed by atoms with E-state index in [0.717, 1.165) is 19.1 Å². The summed E-state index contributed by atoms with van der Waals surface area (Å²) in [5.74, 6) is 0.339. The average Bonchev–Trinajstić information content (AvgIpc) is 1.88. The summed E-state index contributed by atoms with van der Waals surface area (Å²) in [6.45, 7) is 3.48. The van der Waals surface area contributed by atoms with Gasteiger partial charge in [-0.05, 0) is 19.8 Å². The maximum Gasteiger partial charge on any atom is 0.132 e. The fourth-order valence-corrected chi connectivity index (χ4v) is 0.711. The van der Waals surface area contributed by atoms with Crippen LogP contribution in [0.5, 0.6) is 0 Å². The van der Waals surface area contributed by atoms with Gasteiger partial charge in [0.25, 0.3) is 0 Å². The van der Waals surface area contributed by atoms with Crippen LogP contribution in [0.2, 0.25) is 0 Å². The molecule has 0 aromatic heterocycles. The summed E-state index contributed by atoms with van der Waals surface area (Å²) in [7, 11) is 0. The third-order valence-corrected chi connectivity index (χ3v) is 1.65. The van der Waals surface area contributed by atoms with E-state index in [4.69, 9.17) is 0 Å². The van der Waals surface area contributed by atoms with Crippen molar-refractivity contribution in [3.63, 3.8) is 0 Å². The Bertz CT molecular complexity index is 123. The van der Waals surface area contributed by atoms with Gasteiger partial charge in [0.05, 0.1) is 0 Å². The van der Waals surface area contributed by atoms with E-state index in [2.05, 4.69) is 0 Å². The van der Waals surface area contributed by atoms with Crippen molar-refractivity contribution in [2.24, 2.45) is 5.92 Å². The van der Waals surface area contributed by atoms with Gasteiger partial charge in [-0.1, -0.05) is 6.92 Å². The summed E-state index contributed by atoms with van der Waals surface area (Å²) >= 11 is 0. The molecule has 0 heterocycles. The Morgan fingerprint density at radius 3 is 2.45 bits per heavy atom. The van der Waals surface area contributed by atoms with Crippen molar-refractivity contribution in [1.29, 1.82) is 0 Å². The minimum atomic E-state index is 0. The summed E-state index contributed by atoms with van der Waals surface area (Å²) in [5.41, 5.74) is 0. The standard InChI is InChI=1S/C8H14O2.Cr/c1-7(8(2)10)5-3-4-6-9;/h6-7H,3-5H2,1-2H3;. The maximum atomic E-state index is 10.6. The smallest absolute Gasteiger partial charge is 0.132 e. The summed E-state index contributed by atoms with van der Waals surface area (Å²) in [4.78, 5) is 20.5. The Morgan fingerprint density at radius 2 is 2.09 bits per heavy atom. The molecule has 0 aromatic rings. The molecule has 1 atom stereocenters. The van der Waals surface area contributed by atoms with Crippen LogP contribution in [0.25, 0.3) is 0 Å². The Labute approximate surface area is 78.5 Å². The van der Waals surface area contributed by atoms with Crippen LogP contribution < -0.4 is 0 Å². The number of carbonyl (C=O) groups excluding carboxylic acids is 2. The summed E-state index contributed by atoms with van der Waals surface area (Å²) in [6, 6.07) is 0. The van der Waals surface area contributed by atoms with Crippen LogP contribution in [0.1, 0.15) is 33.1 Å². The van der Waals surface area contributed by atoms with Gasteiger partial charge in [0, 0.05) is 29.7 Å². The molecule has 0 saturated heterocycles. The Balaban J connectivity index is 0. The molecular formula is C8H14CrO2. The molecular weight excluding hydrogens is 180 g/mol. The van der Waals surface area contributed by atoms with Gasteiger partial charge in [-0.15, -0.1) is 0 Å². The predicted molar refractivity (Wildman–Crippen MR) is 39.8 cm³/mol. The van der Waals surface area contributed by atoms with Crippen LogP contribution in [0.4, 0.5) is 0 Å². The van der Waals surface area contributed by atoms with E-state index >= 15 is 0 Å². The molecule has 0 N–H and O–H groups in total. The Kier molecular flexibility index (Phi) is 9.76. The van der Waals surface area contributed by atoms with Gasteiger partial charge in [0.2, 0.25) is 0 Å². The number of ketones is 1. The second kappa shape index (κ2) is 7.97. The topological polar surface area (TPSA) is 34.1 Å². The first-order chi connectivity index (χ1) is 4.68. The van der Waals surface area contributed by atoms with Crippen molar-refractivity contribution in [3.05, 3.63) is 0 Å². The molecule has 0 spiro atoms. The molecule has 64 valence electrons. The van der Waals surface area contributed by atoms with Crippen LogP contribution in [0.15, 0.2) is 0 Å². The second-order valence-electron chi connectivity index (χ2n) is 2.61. The molecule has 0 fully saturated rings. The summed E-state index contributed by atoms with van der Waals surface area (Å²) < 4.78 is 0. The quantitative estimate of drug-likeness (QED) is 0.492. The molecule has 0 rings (SSSR count). The van der Waals surface area contributed by atoms with Gasteiger partial charge in [0.15, 0.2) is 0 Å². The van der Waals surface area contributed by atoms with E-state index in [1.165, 1.54) is 0 Å². The first-order valence-electron chi connectivity index (χ1n) is 3.62. The molecule has 0 aliphatic carbocycles. The molecule has 2 nitrogen and oxygen atoms in total. The van der Waals surface area contributed by atoms with Gasteiger partial charge in [-0.2, -0.15) is 0 Å². The maximum absolute atomic E-state index is 10.6. The van der Waals surface area contributed by atoms with Crippen LogP contribution in [0, 0.1) is 5.92 Å². The molecule has 0 bridgehead atoms. The van der Waals surface area contributed by atoms with Gasteiger partial charge in [0.1, 0.15) is 12.1 Å². The monoisotopic (exact) mass is 194 g/mol. The fourth-order valence-electron chi connectivity index (χ4n) is 0.711. The molecule has 0 radical (unpaired) electrons. The van der Waals surface area contributed by atoms with Crippen molar-refractivity contribution in [1.82, 2.24) is 0 Å². The molecule has 0 aromatic carbocycles. The largest absolute Gasteiger partial charge is 0.303 e. The predicted octanol–water partition coefficient (Wildman–Crippen LogP) is 1.58. The third kappa shape index (κ3) is 7.77. The molecule has 0 saturated carbocycles. The SMILES string of the molecule is CC(=O)C(C)CCCC=O.[Cr]. The van der Waals surface area contributed by atoms with E-state index in [1.54, 1.807) is 6.92 Å². The minimum Gasteiger partial charge on any atom is -0.303 e. The van der Waals surface area contributed by atoms with E-state index < -0.39 is 0 Å². The van der Waals surface area contributed by atoms with Crippen molar-refractivity contribution < 1.29 is 27.0 Å². The zero-order chi connectivity index (χ0) is 7.98. The third-order valence-electron chi connectivity index (χ3n) is 1.65. The fraction of sp³-hybridized carbons (Fsp3) is 0.750. The van der Waals surface area contributed by atoms with Crippen LogP contribution >= 0.6 is 0 Å². The zero-order valence-electron chi connectivity index (χ0n) is 7.00. The van der Waals surface area contributed by atoms with Gasteiger partial charge in [-0.3, -0.25) is 4.79 Å². The minimum absolute atomic E-state index is 0. The summed E-state index contributed by atoms with van der Waals surface area (Å²) in [5, 5.41) is 0. The van der Waals surface area contributed by atoms with Gasteiger partial charge in [-0.25, -0.2) is 0 Å². The van der Waals surface area contributed by atoms with Crippen LogP contribution in [0.3, 0.4) is 0 Å². The van der Waals surface area contributed by atoms with Crippen molar-refractivity contribution in [3.8, 4) is 0 Å². The Morgan fingerprint density at radius 1 is 1.55 bits per heavy atom. The zero-order valence-corrected chi connectivity index (χ0v) is 8.28. The van der Waals surface area contributed by atoms with Crippen LogP contribution in [-0.2, 0) is 27.0 Å². The van der Waals surface area contributed by atoms with Crippen molar-refractivity contribution >= 4 is 12.1 Å². The molecule has 3 heteroatoms. The normalized spacial score (nSPS) is 11.5. The first-order valence-corrected chi connectivity index (χ1v) is 3.62. The van der Waals surface area contributed by atoms with E-state index in [-0.39, 0.29) is 29.1 Å². The number of hydrogen-bond acceptors (Lipinski definition) is 2. The second-order valence-corrected chi connectivity index (χ2v) is 2.61. The van der Waals surface area contributed by atoms with Crippen molar-refractivity contribution in [2.75, 3.05) is 0 Å². The summed E-state index contributed by atoms with van der Waals surface area (Å²) in [6.07, 6.45) is 3.16. The number of hydrogen-bond donors (Lipinski definition) is 0. The first kappa shape index (κ1) is 13.5. The van der Waals surface area contributed by atoms with Crippen LogP contribution in [-0.4, -0.2) is 12.1 Å². The van der Waals surface area contributed by atoms with Gasteiger partial charge >= 0.3 is 0 Å². The van der Waals surface area contributed by atoms with E-state index in [9.17, 15) is 9.59 Å². The number of rotatable bonds is 5. The molecule has 0 aliphatic heterocycles. The van der Waals surface area contributed by atoms with Gasteiger partial charge < -0.3 is 4.79 Å². The molecule has 0 aliphatic rings. The number of carbonyl (C=O) groups is 2.